The number of carbonyl (C=O) groups excluding carboxylic acids is 1. The van der Waals surface area contributed by atoms with Gasteiger partial charge in [-0.2, -0.15) is 0 Å². The van der Waals surface area contributed by atoms with Crippen molar-refractivity contribution in [3.05, 3.63) is 36.2 Å². The number of nitrogens with one attached hydrogen (secondary N) is 2. The van der Waals surface area contributed by atoms with Crippen molar-refractivity contribution in [3.8, 4) is 11.5 Å². The number of urea groups is 1. The maximum atomic E-state index is 12.0. The first-order valence-corrected chi connectivity index (χ1v) is 7.40. The molecule has 0 bridgehead atoms. The molecule has 0 aliphatic heterocycles. The molecule has 2 aromatic rings. The van der Waals surface area contributed by atoms with E-state index in [1.165, 1.54) is 0 Å². The van der Waals surface area contributed by atoms with E-state index in [1.807, 2.05) is 19.1 Å². The Hall–Kier alpha value is -2.34. The van der Waals surface area contributed by atoms with Gasteiger partial charge in [-0.25, -0.2) is 9.78 Å². The minimum absolute atomic E-state index is 0.169. The SMILES string of the molecule is Cc1cnc(-c2cccc(NC(=O)NC3CCCC3O)c2)o1. The molecule has 6 nitrogen and oxygen atoms in total. The van der Waals surface area contributed by atoms with Crippen LogP contribution in [0.1, 0.15) is 25.0 Å². The van der Waals surface area contributed by atoms with Gasteiger partial charge in [-0.05, 0) is 44.4 Å². The number of amides is 2. The van der Waals surface area contributed by atoms with Crippen molar-refractivity contribution >= 4 is 11.7 Å². The number of hydrogen-bond donors (Lipinski definition) is 3. The van der Waals surface area contributed by atoms with Gasteiger partial charge in [-0.3, -0.25) is 0 Å². The van der Waals surface area contributed by atoms with Gasteiger partial charge in [0, 0.05) is 11.3 Å². The van der Waals surface area contributed by atoms with E-state index in [9.17, 15) is 9.90 Å². The van der Waals surface area contributed by atoms with E-state index >= 15 is 0 Å². The normalized spacial score (nSPS) is 20.8. The first-order chi connectivity index (χ1) is 10.6. The van der Waals surface area contributed by atoms with Crippen LogP contribution in [0.3, 0.4) is 0 Å². The second-order valence-corrected chi connectivity index (χ2v) is 5.56. The zero-order valence-electron chi connectivity index (χ0n) is 12.4. The second kappa shape index (κ2) is 6.19. The molecule has 6 heteroatoms. The lowest BCUT2D eigenvalue weighted by atomic mass is 10.2. The molecule has 3 N–H and O–H groups in total. The van der Waals surface area contributed by atoms with Crippen molar-refractivity contribution < 1.29 is 14.3 Å². The average Bonchev–Trinajstić information content (AvgIpc) is 3.09. The second-order valence-electron chi connectivity index (χ2n) is 5.56. The minimum atomic E-state index is -0.452. The van der Waals surface area contributed by atoms with Gasteiger partial charge < -0.3 is 20.2 Å². The third kappa shape index (κ3) is 3.28. The van der Waals surface area contributed by atoms with Crippen LogP contribution in [-0.4, -0.2) is 28.3 Å². The minimum Gasteiger partial charge on any atom is -0.441 e. The van der Waals surface area contributed by atoms with Crippen molar-refractivity contribution in [2.45, 2.75) is 38.3 Å². The molecule has 1 fully saturated rings. The van der Waals surface area contributed by atoms with Gasteiger partial charge in [0.1, 0.15) is 5.76 Å². The molecule has 116 valence electrons. The number of carbonyl (C=O) groups is 1. The predicted octanol–water partition coefficient (Wildman–Crippen LogP) is 2.68. The molecular weight excluding hydrogens is 282 g/mol. The summed E-state index contributed by atoms with van der Waals surface area (Å²) in [6, 6.07) is 6.81. The Morgan fingerprint density at radius 3 is 2.95 bits per heavy atom. The highest BCUT2D eigenvalue weighted by molar-refractivity contribution is 5.90. The van der Waals surface area contributed by atoms with Gasteiger partial charge >= 0.3 is 6.03 Å². The maximum Gasteiger partial charge on any atom is 0.319 e. The number of benzene rings is 1. The molecule has 1 heterocycles. The molecule has 2 amide bonds. The fourth-order valence-electron chi connectivity index (χ4n) is 2.66. The Labute approximate surface area is 128 Å². The van der Waals surface area contributed by atoms with Crippen molar-refractivity contribution in [1.29, 1.82) is 0 Å². The number of aromatic nitrogens is 1. The lowest BCUT2D eigenvalue weighted by Crippen LogP contribution is -2.42. The summed E-state index contributed by atoms with van der Waals surface area (Å²) in [5.74, 6) is 1.26. The van der Waals surface area contributed by atoms with Crippen LogP contribution in [0, 0.1) is 6.92 Å². The lowest BCUT2D eigenvalue weighted by molar-refractivity contribution is 0.151. The highest BCUT2D eigenvalue weighted by Crippen LogP contribution is 2.23. The van der Waals surface area contributed by atoms with Crippen LogP contribution in [0.2, 0.25) is 0 Å². The van der Waals surface area contributed by atoms with Crippen LogP contribution in [0.4, 0.5) is 10.5 Å². The Morgan fingerprint density at radius 2 is 2.27 bits per heavy atom. The van der Waals surface area contributed by atoms with E-state index in [0.717, 1.165) is 30.6 Å². The molecule has 1 aromatic heterocycles. The smallest absolute Gasteiger partial charge is 0.319 e. The van der Waals surface area contributed by atoms with Crippen LogP contribution in [0.25, 0.3) is 11.5 Å². The number of rotatable bonds is 3. The first kappa shape index (κ1) is 14.6. The summed E-state index contributed by atoms with van der Waals surface area (Å²) < 4.78 is 5.48. The molecule has 0 radical (unpaired) electrons. The average molecular weight is 301 g/mol. The largest absolute Gasteiger partial charge is 0.441 e. The van der Waals surface area contributed by atoms with Gasteiger partial charge in [-0.15, -0.1) is 0 Å². The summed E-state index contributed by atoms with van der Waals surface area (Å²) in [5.41, 5.74) is 1.45. The number of aliphatic hydroxyl groups excluding tert-OH is 1. The molecule has 3 rings (SSSR count). The molecule has 1 saturated carbocycles. The van der Waals surface area contributed by atoms with Gasteiger partial charge in [0.2, 0.25) is 5.89 Å². The van der Waals surface area contributed by atoms with E-state index in [1.54, 1.807) is 18.3 Å². The summed E-state index contributed by atoms with van der Waals surface area (Å²) in [6.45, 7) is 1.83. The van der Waals surface area contributed by atoms with Crippen molar-refractivity contribution in [3.63, 3.8) is 0 Å². The number of hydrogen-bond acceptors (Lipinski definition) is 4. The molecule has 1 aliphatic rings. The number of nitrogens with zero attached hydrogens (tertiary/aromatic N) is 1. The Bertz CT molecular complexity index is 668. The topological polar surface area (TPSA) is 87.4 Å². The van der Waals surface area contributed by atoms with E-state index in [-0.39, 0.29) is 12.1 Å². The summed E-state index contributed by atoms with van der Waals surface area (Å²) in [4.78, 5) is 16.2. The van der Waals surface area contributed by atoms with Crippen LogP contribution < -0.4 is 10.6 Å². The number of aliphatic hydroxyl groups is 1. The van der Waals surface area contributed by atoms with Crippen molar-refractivity contribution in [1.82, 2.24) is 10.3 Å². The lowest BCUT2D eigenvalue weighted by Gasteiger charge is -2.17. The highest BCUT2D eigenvalue weighted by atomic mass is 16.4. The number of anilines is 1. The summed E-state index contributed by atoms with van der Waals surface area (Å²) >= 11 is 0. The maximum absolute atomic E-state index is 12.0. The third-order valence-corrected chi connectivity index (χ3v) is 3.78. The molecule has 22 heavy (non-hydrogen) atoms. The van der Waals surface area contributed by atoms with Gasteiger partial charge in [-0.1, -0.05) is 6.07 Å². The zero-order valence-corrected chi connectivity index (χ0v) is 12.4. The molecule has 0 saturated heterocycles. The van der Waals surface area contributed by atoms with Crippen molar-refractivity contribution in [2.75, 3.05) is 5.32 Å². The molecule has 0 spiro atoms. The van der Waals surface area contributed by atoms with Gasteiger partial charge in [0.15, 0.2) is 0 Å². The van der Waals surface area contributed by atoms with Crippen LogP contribution in [-0.2, 0) is 0 Å². The van der Waals surface area contributed by atoms with E-state index in [4.69, 9.17) is 4.42 Å². The number of oxazole rings is 1. The Kier molecular flexibility index (Phi) is 4.11. The molecular formula is C16H19N3O3. The van der Waals surface area contributed by atoms with E-state index < -0.39 is 6.10 Å². The fourth-order valence-corrected chi connectivity index (χ4v) is 2.66. The Balaban J connectivity index is 1.66. The standard InChI is InChI=1S/C16H19N3O3/c1-10-9-17-15(22-10)11-4-2-5-12(8-11)18-16(21)19-13-6-3-7-14(13)20/h2,4-5,8-9,13-14,20H,3,6-7H2,1H3,(H2,18,19,21). The van der Waals surface area contributed by atoms with Crippen LogP contribution in [0.15, 0.2) is 34.9 Å². The quantitative estimate of drug-likeness (QED) is 0.813. The fraction of sp³-hybridized carbons (Fsp3) is 0.375. The highest BCUT2D eigenvalue weighted by Gasteiger charge is 2.26. The van der Waals surface area contributed by atoms with Crippen molar-refractivity contribution in [2.24, 2.45) is 0 Å². The summed E-state index contributed by atoms with van der Waals surface area (Å²) in [5, 5.41) is 15.3. The monoisotopic (exact) mass is 301 g/mol. The van der Waals surface area contributed by atoms with E-state index in [2.05, 4.69) is 15.6 Å². The van der Waals surface area contributed by atoms with Crippen LogP contribution in [0.5, 0.6) is 0 Å². The van der Waals surface area contributed by atoms with Gasteiger partial charge in [0.25, 0.3) is 0 Å². The Morgan fingerprint density at radius 1 is 1.41 bits per heavy atom. The molecule has 1 aliphatic carbocycles. The number of aryl methyl sites for hydroxylation is 1. The molecule has 2 unspecified atom stereocenters. The van der Waals surface area contributed by atoms with Crippen LogP contribution >= 0.6 is 0 Å². The summed E-state index contributed by atoms with van der Waals surface area (Å²) in [6.07, 6.45) is 3.69. The predicted molar refractivity (Wildman–Crippen MR) is 82.5 cm³/mol. The third-order valence-electron chi connectivity index (χ3n) is 3.78. The first-order valence-electron chi connectivity index (χ1n) is 7.40. The van der Waals surface area contributed by atoms with Gasteiger partial charge in [0.05, 0.1) is 18.3 Å². The summed E-state index contributed by atoms with van der Waals surface area (Å²) in [7, 11) is 0. The molecule has 1 aromatic carbocycles. The van der Waals surface area contributed by atoms with E-state index in [0.29, 0.717) is 11.6 Å². The molecule has 2 atom stereocenters. The zero-order chi connectivity index (χ0) is 15.5.